The molecule has 58 heavy (non-hydrogen) atoms. The lowest BCUT2D eigenvalue weighted by molar-refractivity contribution is 0.478. The highest BCUT2D eigenvalue weighted by Crippen LogP contribution is 2.63. The summed E-state index contributed by atoms with van der Waals surface area (Å²) in [5.74, 6) is 1.70. The zero-order valence-electron chi connectivity index (χ0n) is 31.6. The average molecular weight is 741 g/mol. The number of anilines is 3. The molecule has 0 spiro atoms. The molecule has 2 aliphatic rings. The molecular weight excluding hydrogens is 705 g/mol. The van der Waals surface area contributed by atoms with Gasteiger partial charge in [-0.2, -0.15) is 0 Å². The number of nitrogens with zero attached hydrogens (tertiary/aromatic N) is 2. The van der Waals surface area contributed by atoms with Crippen molar-refractivity contribution in [2.75, 3.05) is 4.90 Å². The molecule has 3 heteroatoms. The van der Waals surface area contributed by atoms with Crippen molar-refractivity contribution in [1.82, 2.24) is 4.57 Å². The molecule has 0 radical (unpaired) electrons. The SMILES string of the molecule is c1ccc(N2c3cc(-c4ccc5c(c4)c4ccccc4n5-c4ccccc4)ccc3Oc3c2ccc2c3-c3ccccc3C2(c2ccccc2)c2ccccc2)cc1. The molecule has 0 saturated carbocycles. The third-order valence-electron chi connectivity index (χ3n) is 12.2. The number of hydrogen-bond donors (Lipinski definition) is 0. The van der Waals surface area contributed by atoms with Gasteiger partial charge in [0.15, 0.2) is 11.5 Å². The number of para-hydroxylation sites is 3. The molecule has 0 N–H and O–H groups in total. The standard InChI is InChI=1S/C55H36N2O/c1-5-17-39(18-6-1)55(40-19-7-2-8-20-40)46-27-15-13-26-44(46)53-47(55)31-33-50-54(53)58-52-34-30-38(36-51(52)57(50)42-23-11-4-12-24-42)37-29-32-49-45(35-37)43-25-14-16-28-48(43)56(49)41-21-9-3-10-22-41/h1-36H. The molecule has 0 bridgehead atoms. The second kappa shape index (κ2) is 12.7. The van der Waals surface area contributed by atoms with Crippen LogP contribution in [0.1, 0.15) is 22.3 Å². The molecule has 0 amide bonds. The molecule has 12 rings (SSSR count). The van der Waals surface area contributed by atoms with Gasteiger partial charge < -0.3 is 14.2 Å². The van der Waals surface area contributed by atoms with Crippen molar-refractivity contribution in [1.29, 1.82) is 0 Å². The minimum absolute atomic E-state index is 0.517. The number of rotatable bonds is 5. The number of ether oxygens (including phenoxy) is 1. The zero-order valence-corrected chi connectivity index (χ0v) is 31.6. The summed E-state index contributed by atoms with van der Waals surface area (Å²) >= 11 is 0. The Hall–Kier alpha value is -7.62. The van der Waals surface area contributed by atoms with Gasteiger partial charge in [0.2, 0.25) is 0 Å². The van der Waals surface area contributed by atoms with Crippen LogP contribution < -0.4 is 9.64 Å². The minimum atomic E-state index is -0.517. The van der Waals surface area contributed by atoms with E-state index < -0.39 is 5.41 Å². The first kappa shape index (κ1) is 32.6. The number of benzene rings is 9. The molecule has 272 valence electrons. The third-order valence-corrected chi connectivity index (χ3v) is 12.2. The predicted octanol–water partition coefficient (Wildman–Crippen LogP) is 14.4. The average Bonchev–Trinajstić information content (AvgIpc) is 3.80. The first-order chi connectivity index (χ1) is 28.8. The summed E-state index contributed by atoms with van der Waals surface area (Å²) in [6.07, 6.45) is 0. The molecule has 2 heterocycles. The Morgan fingerprint density at radius 2 is 0.983 bits per heavy atom. The summed E-state index contributed by atoms with van der Waals surface area (Å²) in [4.78, 5) is 2.38. The molecule has 1 aliphatic heterocycles. The van der Waals surface area contributed by atoms with E-state index in [9.17, 15) is 0 Å². The lowest BCUT2D eigenvalue weighted by Crippen LogP contribution is -2.28. The summed E-state index contributed by atoms with van der Waals surface area (Å²) < 4.78 is 9.59. The molecule has 9 aromatic carbocycles. The Morgan fingerprint density at radius 1 is 0.397 bits per heavy atom. The second-order valence-electron chi connectivity index (χ2n) is 15.2. The highest BCUT2D eigenvalue weighted by molar-refractivity contribution is 6.10. The van der Waals surface area contributed by atoms with Gasteiger partial charge in [-0.15, -0.1) is 0 Å². The molecule has 1 aromatic heterocycles. The highest BCUT2D eigenvalue weighted by Gasteiger charge is 2.48. The topological polar surface area (TPSA) is 17.4 Å². The summed E-state index contributed by atoms with van der Waals surface area (Å²) in [5.41, 5.74) is 15.7. The van der Waals surface area contributed by atoms with E-state index in [2.05, 4.69) is 228 Å². The molecule has 3 nitrogen and oxygen atoms in total. The van der Waals surface area contributed by atoms with Gasteiger partial charge in [0.1, 0.15) is 0 Å². The van der Waals surface area contributed by atoms with Crippen molar-refractivity contribution >= 4 is 38.9 Å². The van der Waals surface area contributed by atoms with E-state index in [4.69, 9.17) is 4.74 Å². The first-order valence-corrected chi connectivity index (χ1v) is 19.9. The molecule has 0 fully saturated rings. The largest absolute Gasteiger partial charge is 0.452 e. The molecule has 0 atom stereocenters. The number of fused-ring (bicyclic) bond motifs is 9. The van der Waals surface area contributed by atoms with Crippen LogP contribution in [0.25, 0.3) is 49.7 Å². The summed E-state index contributed by atoms with van der Waals surface area (Å²) in [6, 6.07) is 78.9. The van der Waals surface area contributed by atoms with Crippen LogP contribution in [0.2, 0.25) is 0 Å². The molecule has 0 saturated heterocycles. The van der Waals surface area contributed by atoms with Crippen molar-refractivity contribution in [3.63, 3.8) is 0 Å². The van der Waals surface area contributed by atoms with Crippen molar-refractivity contribution in [2.45, 2.75) is 5.41 Å². The van der Waals surface area contributed by atoms with Crippen LogP contribution in [0.5, 0.6) is 11.5 Å². The second-order valence-corrected chi connectivity index (χ2v) is 15.2. The van der Waals surface area contributed by atoms with Gasteiger partial charge in [0.25, 0.3) is 0 Å². The van der Waals surface area contributed by atoms with E-state index >= 15 is 0 Å². The lowest BCUT2D eigenvalue weighted by atomic mass is 9.67. The monoisotopic (exact) mass is 740 g/mol. The number of hydrogen-bond acceptors (Lipinski definition) is 2. The lowest BCUT2D eigenvalue weighted by Gasteiger charge is -2.36. The molecule has 10 aromatic rings. The smallest absolute Gasteiger partial charge is 0.159 e. The molecule has 0 unspecified atom stereocenters. The van der Waals surface area contributed by atoms with Gasteiger partial charge in [0, 0.05) is 27.7 Å². The van der Waals surface area contributed by atoms with E-state index in [0.717, 1.165) is 50.9 Å². The van der Waals surface area contributed by atoms with Crippen LogP contribution in [0.4, 0.5) is 17.1 Å². The van der Waals surface area contributed by atoms with Crippen LogP contribution in [0.15, 0.2) is 218 Å². The zero-order chi connectivity index (χ0) is 38.2. The summed E-state index contributed by atoms with van der Waals surface area (Å²) in [7, 11) is 0. The molecular formula is C55H36N2O. The number of aromatic nitrogens is 1. The Kier molecular flexibility index (Phi) is 7.14. The van der Waals surface area contributed by atoms with Crippen LogP contribution in [-0.4, -0.2) is 4.57 Å². The van der Waals surface area contributed by atoms with E-state index in [1.54, 1.807) is 0 Å². The Balaban J connectivity index is 1.06. The van der Waals surface area contributed by atoms with Crippen molar-refractivity contribution in [3.05, 3.63) is 241 Å². The van der Waals surface area contributed by atoms with Crippen LogP contribution in [-0.2, 0) is 5.41 Å². The van der Waals surface area contributed by atoms with Gasteiger partial charge in [-0.05, 0) is 99.6 Å². The van der Waals surface area contributed by atoms with Crippen molar-refractivity contribution in [2.24, 2.45) is 0 Å². The predicted molar refractivity (Wildman–Crippen MR) is 238 cm³/mol. The maximum Gasteiger partial charge on any atom is 0.159 e. The van der Waals surface area contributed by atoms with Crippen LogP contribution in [0, 0.1) is 0 Å². The van der Waals surface area contributed by atoms with Crippen LogP contribution in [0.3, 0.4) is 0 Å². The Labute approximate surface area is 337 Å². The maximum absolute atomic E-state index is 7.22. The van der Waals surface area contributed by atoms with Gasteiger partial charge in [-0.1, -0.05) is 158 Å². The first-order valence-electron chi connectivity index (χ1n) is 19.9. The van der Waals surface area contributed by atoms with Crippen molar-refractivity contribution in [3.8, 4) is 39.4 Å². The fraction of sp³-hybridized carbons (Fsp3) is 0.0182. The van der Waals surface area contributed by atoms with E-state index in [1.807, 2.05) is 0 Å². The van der Waals surface area contributed by atoms with Gasteiger partial charge in [-0.25, -0.2) is 0 Å². The van der Waals surface area contributed by atoms with E-state index in [-0.39, 0.29) is 0 Å². The fourth-order valence-corrected chi connectivity index (χ4v) is 9.83. The Bertz CT molecular complexity index is 3150. The highest BCUT2D eigenvalue weighted by atomic mass is 16.5. The van der Waals surface area contributed by atoms with E-state index in [0.29, 0.717) is 0 Å². The van der Waals surface area contributed by atoms with Crippen molar-refractivity contribution < 1.29 is 4.74 Å². The van der Waals surface area contributed by atoms with E-state index in [1.165, 1.54) is 49.6 Å². The normalized spacial score (nSPS) is 13.4. The quantitative estimate of drug-likeness (QED) is 0.175. The van der Waals surface area contributed by atoms with Gasteiger partial charge in [-0.3, -0.25) is 0 Å². The third kappa shape index (κ3) is 4.62. The maximum atomic E-state index is 7.22. The van der Waals surface area contributed by atoms with Gasteiger partial charge >= 0.3 is 0 Å². The van der Waals surface area contributed by atoms with Gasteiger partial charge in [0.05, 0.1) is 27.8 Å². The fourth-order valence-electron chi connectivity index (χ4n) is 9.83. The summed E-state index contributed by atoms with van der Waals surface area (Å²) in [6.45, 7) is 0. The molecule has 1 aliphatic carbocycles. The summed E-state index contributed by atoms with van der Waals surface area (Å²) in [5, 5.41) is 2.46. The minimum Gasteiger partial charge on any atom is -0.452 e. The Morgan fingerprint density at radius 3 is 1.72 bits per heavy atom. The van der Waals surface area contributed by atoms with Crippen LogP contribution >= 0.6 is 0 Å².